The lowest BCUT2D eigenvalue weighted by molar-refractivity contribution is 0.0936. The number of amides is 1. The quantitative estimate of drug-likeness (QED) is 0.910. The fourth-order valence-electron chi connectivity index (χ4n) is 0.996. The predicted octanol–water partition coefficient (Wildman–Crippen LogP) is 1.88. The summed E-state index contributed by atoms with van der Waals surface area (Å²) in [6, 6.07) is 5.20. The Morgan fingerprint density at radius 3 is 3.00 bits per heavy atom. The van der Waals surface area contributed by atoms with Crippen molar-refractivity contribution < 1.29 is 4.79 Å². The second-order valence-electron chi connectivity index (χ2n) is 3.10. The predicted molar refractivity (Wildman–Crippen MR) is 59.1 cm³/mol. The molecule has 0 aliphatic carbocycles. The second-order valence-corrected chi connectivity index (χ2v) is 4.01. The van der Waals surface area contributed by atoms with Gasteiger partial charge in [-0.2, -0.15) is 5.26 Å². The Labute approximate surface area is 96.4 Å². The average molecular weight is 268 g/mol. The van der Waals surface area contributed by atoms with Gasteiger partial charge in [0.2, 0.25) is 0 Å². The molecule has 5 heteroatoms. The van der Waals surface area contributed by atoms with Crippen LogP contribution in [0.1, 0.15) is 23.8 Å². The van der Waals surface area contributed by atoms with Gasteiger partial charge in [-0.3, -0.25) is 4.79 Å². The molecule has 0 saturated heterocycles. The number of rotatable bonds is 3. The van der Waals surface area contributed by atoms with Crippen molar-refractivity contribution in [1.82, 2.24) is 10.3 Å². The molecule has 1 rings (SSSR count). The molecule has 0 spiro atoms. The third kappa shape index (κ3) is 3.68. The van der Waals surface area contributed by atoms with E-state index in [1.807, 2.05) is 6.07 Å². The summed E-state index contributed by atoms with van der Waals surface area (Å²) in [6.07, 6.45) is 1.85. The van der Waals surface area contributed by atoms with Crippen LogP contribution >= 0.6 is 15.9 Å². The molecule has 0 saturated carbocycles. The van der Waals surface area contributed by atoms with Crippen LogP contribution < -0.4 is 5.32 Å². The molecule has 1 unspecified atom stereocenters. The Bertz CT molecular complexity index is 383. The van der Waals surface area contributed by atoms with Gasteiger partial charge in [0, 0.05) is 16.7 Å². The van der Waals surface area contributed by atoms with Gasteiger partial charge < -0.3 is 5.32 Å². The molecule has 78 valence electrons. The molecular weight excluding hydrogens is 258 g/mol. The number of halogens is 1. The summed E-state index contributed by atoms with van der Waals surface area (Å²) in [4.78, 5) is 15.5. The van der Waals surface area contributed by atoms with Gasteiger partial charge in [0.1, 0.15) is 5.69 Å². The van der Waals surface area contributed by atoms with Crippen molar-refractivity contribution in [2.75, 3.05) is 0 Å². The molecule has 4 nitrogen and oxygen atoms in total. The molecule has 1 heterocycles. The molecule has 0 bridgehead atoms. The Kier molecular flexibility index (Phi) is 4.25. The van der Waals surface area contributed by atoms with E-state index in [9.17, 15) is 4.79 Å². The number of nitrogens with zero attached hydrogens (tertiary/aromatic N) is 2. The zero-order valence-electron chi connectivity index (χ0n) is 8.20. The van der Waals surface area contributed by atoms with Crippen LogP contribution in [0.15, 0.2) is 22.8 Å². The van der Waals surface area contributed by atoms with Crippen molar-refractivity contribution in [3.63, 3.8) is 0 Å². The van der Waals surface area contributed by atoms with E-state index in [4.69, 9.17) is 5.26 Å². The molecule has 15 heavy (non-hydrogen) atoms. The normalized spacial score (nSPS) is 11.5. The van der Waals surface area contributed by atoms with Crippen molar-refractivity contribution in [2.24, 2.45) is 0 Å². The lowest BCUT2D eigenvalue weighted by Gasteiger charge is -2.09. The number of carbonyl (C=O) groups is 1. The maximum atomic E-state index is 11.5. The van der Waals surface area contributed by atoms with Gasteiger partial charge in [-0.25, -0.2) is 4.98 Å². The number of carbonyl (C=O) groups excluding carboxylic acids is 1. The molecule has 1 N–H and O–H groups in total. The van der Waals surface area contributed by atoms with Crippen LogP contribution in [-0.2, 0) is 0 Å². The number of nitrogens with one attached hydrogen (secondary N) is 1. The number of nitriles is 1. The third-order valence-corrected chi connectivity index (χ3v) is 2.20. The number of hydrogen-bond donors (Lipinski definition) is 1. The molecule has 1 aromatic heterocycles. The summed E-state index contributed by atoms with van der Waals surface area (Å²) in [7, 11) is 0. The fourth-order valence-corrected chi connectivity index (χ4v) is 1.23. The summed E-state index contributed by atoms with van der Waals surface area (Å²) >= 11 is 3.23. The van der Waals surface area contributed by atoms with Crippen molar-refractivity contribution in [3.05, 3.63) is 28.5 Å². The topological polar surface area (TPSA) is 65.8 Å². The van der Waals surface area contributed by atoms with Gasteiger partial charge in [-0.1, -0.05) is 0 Å². The highest BCUT2D eigenvalue weighted by atomic mass is 79.9. The summed E-state index contributed by atoms with van der Waals surface area (Å²) in [5.41, 5.74) is 0.350. The van der Waals surface area contributed by atoms with E-state index in [1.165, 1.54) is 0 Å². The van der Waals surface area contributed by atoms with Crippen molar-refractivity contribution in [3.8, 4) is 6.07 Å². The molecule has 0 aliphatic heterocycles. The Balaban J connectivity index is 2.62. The monoisotopic (exact) mass is 267 g/mol. The second kappa shape index (κ2) is 5.47. The molecule has 1 atom stereocenters. The smallest absolute Gasteiger partial charge is 0.270 e. The minimum atomic E-state index is -0.259. The highest BCUT2D eigenvalue weighted by molar-refractivity contribution is 9.10. The van der Waals surface area contributed by atoms with E-state index in [-0.39, 0.29) is 11.9 Å². The fraction of sp³-hybridized carbons (Fsp3) is 0.300. The highest BCUT2D eigenvalue weighted by Crippen LogP contribution is 2.07. The number of hydrogen-bond acceptors (Lipinski definition) is 3. The molecule has 0 fully saturated rings. The number of pyridine rings is 1. The Hall–Kier alpha value is -1.41. The third-order valence-electron chi connectivity index (χ3n) is 1.73. The van der Waals surface area contributed by atoms with E-state index in [1.54, 1.807) is 25.3 Å². The Morgan fingerprint density at radius 2 is 2.47 bits per heavy atom. The first kappa shape index (κ1) is 11.7. The van der Waals surface area contributed by atoms with Gasteiger partial charge in [0.05, 0.1) is 12.5 Å². The van der Waals surface area contributed by atoms with Crippen LogP contribution in [0.3, 0.4) is 0 Å². The highest BCUT2D eigenvalue weighted by Gasteiger charge is 2.09. The summed E-state index contributed by atoms with van der Waals surface area (Å²) < 4.78 is 0.823. The minimum absolute atomic E-state index is 0.159. The first-order valence-corrected chi connectivity index (χ1v) is 5.22. The van der Waals surface area contributed by atoms with Crippen molar-refractivity contribution in [1.29, 1.82) is 5.26 Å². The molecule has 0 aliphatic rings. The van der Waals surface area contributed by atoms with Gasteiger partial charge in [0.15, 0.2) is 0 Å². The van der Waals surface area contributed by atoms with Crippen molar-refractivity contribution in [2.45, 2.75) is 19.4 Å². The van der Waals surface area contributed by atoms with Gasteiger partial charge in [-0.05, 0) is 35.0 Å². The van der Waals surface area contributed by atoms with E-state index in [0.29, 0.717) is 12.1 Å². The van der Waals surface area contributed by atoms with Crippen LogP contribution in [0, 0.1) is 11.3 Å². The molecule has 1 amide bonds. The van der Waals surface area contributed by atoms with Crippen molar-refractivity contribution >= 4 is 21.8 Å². The zero-order chi connectivity index (χ0) is 11.3. The van der Waals surface area contributed by atoms with Crippen LogP contribution in [-0.4, -0.2) is 16.9 Å². The standard InChI is InChI=1S/C10H10BrN3O/c1-7(4-5-12)14-10(15)9-3-2-8(11)6-13-9/h2-3,6-7H,4H2,1H3,(H,14,15). The zero-order valence-corrected chi connectivity index (χ0v) is 9.78. The Morgan fingerprint density at radius 1 is 1.73 bits per heavy atom. The summed E-state index contributed by atoms with van der Waals surface area (Å²) in [5, 5.41) is 11.1. The van der Waals surface area contributed by atoms with Gasteiger partial charge >= 0.3 is 0 Å². The van der Waals surface area contributed by atoms with Crippen LogP contribution in [0.2, 0.25) is 0 Å². The van der Waals surface area contributed by atoms with Crippen LogP contribution in [0.5, 0.6) is 0 Å². The van der Waals surface area contributed by atoms with Gasteiger partial charge in [0.25, 0.3) is 5.91 Å². The SMILES string of the molecule is CC(CC#N)NC(=O)c1ccc(Br)cn1. The number of aromatic nitrogens is 1. The van der Waals surface area contributed by atoms with E-state index in [0.717, 1.165) is 4.47 Å². The summed E-state index contributed by atoms with van der Waals surface area (Å²) in [6.45, 7) is 1.78. The summed E-state index contributed by atoms with van der Waals surface area (Å²) in [5.74, 6) is -0.259. The first-order chi connectivity index (χ1) is 7.13. The lowest BCUT2D eigenvalue weighted by atomic mass is 10.2. The largest absolute Gasteiger partial charge is 0.347 e. The first-order valence-electron chi connectivity index (χ1n) is 4.43. The molecule has 0 aromatic carbocycles. The van der Waals surface area contributed by atoms with Crippen LogP contribution in [0.4, 0.5) is 0 Å². The maximum Gasteiger partial charge on any atom is 0.270 e. The molecule has 0 radical (unpaired) electrons. The maximum absolute atomic E-state index is 11.5. The minimum Gasteiger partial charge on any atom is -0.347 e. The van der Waals surface area contributed by atoms with E-state index in [2.05, 4.69) is 26.2 Å². The lowest BCUT2D eigenvalue weighted by Crippen LogP contribution is -2.32. The van der Waals surface area contributed by atoms with E-state index >= 15 is 0 Å². The van der Waals surface area contributed by atoms with Gasteiger partial charge in [-0.15, -0.1) is 0 Å². The molecule has 1 aromatic rings. The van der Waals surface area contributed by atoms with Crippen LogP contribution in [0.25, 0.3) is 0 Å². The van der Waals surface area contributed by atoms with E-state index < -0.39 is 0 Å². The molecular formula is C10H10BrN3O. The average Bonchev–Trinajstić information content (AvgIpc) is 2.18.